The number of hydrogen-bond donors (Lipinski definition) is 1. The summed E-state index contributed by atoms with van der Waals surface area (Å²) in [6, 6.07) is 24.8. The lowest BCUT2D eigenvalue weighted by Gasteiger charge is -2.22. The van der Waals surface area contributed by atoms with Gasteiger partial charge in [-0.2, -0.15) is 0 Å². The lowest BCUT2D eigenvalue weighted by atomic mass is 9.95. The summed E-state index contributed by atoms with van der Waals surface area (Å²) in [4.78, 5) is 28.1. The van der Waals surface area contributed by atoms with Crippen molar-refractivity contribution in [3.63, 3.8) is 0 Å². The smallest absolute Gasteiger partial charge is 0.301 e. The number of ether oxygens (including phenoxy) is 1. The number of Topliss-reactive ketones (excluding diaryl/α,β-unsaturated/α-hetero) is 1. The minimum atomic E-state index is -1.08. The number of carbonyl (C=O) groups excluding carboxylic acids is 2. The van der Waals surface area contributed by atoms with Crippen molar-refractivity contribution in [1.29, 1.82) is 0 Å². The fourth-order valence-corrected chi connectivity index (χ4v) is 6.70. The van der Waals surface area contributed by atoms with Gasteiger partial charge in [0.15, 0.2) is 4.34 Å². The molecular weight excluding hydrogens is 617 g/mol. The fourth-order valence-electron chi connectivity index (χ4n) is 4.87. The maximum Gasteiger partial charge on any atom is 0.301 e. The number of aryl methyl sites for hydroxylation is 1. The number of carbonyl (C=O) groups is 2. The van der Waals surface area contributed by atoms with Crippen LogP contribution in [0.2, 0.25) is 0 Å². The highest BCUT2D eigenvalue weighted by Gasteiger charge is 2.48. The average molecular weight is 642 g/mol. The van der Waals surface area contributed by atoms with E-state index in [-0.39, 0.29) is 22.3 Å². The van der Waals surface area contributed by atoms with Crippen molar-refractivity contribution in [3.8, 4) is 5.75 Å². The predicted octanol–water partition coefficient (Wildman–Crippen LogP) is 7.62. The molecule has 0 spiro atoms. The summed E-state index contributed by atoms with van der Waals surface area (Å²) in [5, 5.41) is 19.9. The lowest BCUT2D eigenvalue weighted by molar-refractivity contribution is -0.132. The van der Waals surface area contributed by atoms with Crippen LogP contribution in [0, 0.1) is 18.6 Å². The number of amides is 1. The molecule has 4 aromatic carbocycles. The van der Waals surface area contributed by atoms with E-state index in [9.17, 15) is 23.5 Å². The predicted molar refractivity (Wildman–Crippen MR) is 169 cm³/mol. The van der Waals surface area contributed by atoms with Crippen LogP contribution in [-0.2, 0) is 21.9 Å². The Bertz CT molecular complexity index is 1890. The van der Waals surface area contributed by atoms with Gasteiger partial charge in [0, 0.05) is 11.3 Å². The molecule has 1 atom stereocenters. The third kappa shape index (κ3) is 6.50. The second kappa shape index (κ2) is 13.0. The molecule has 0 bridgehead atoms. The van der Waals surface area contributed by atoms with Crippen LogP contribution in [0.15, 0.2) is 107 Å². The van der Waals surface area contributed by atoms with Gasteiger partial charge in [0.2, 0.25) is 5.13 Å². The van der Waals surface area contributed by atoms with Gasteiger partial charge in [-0.25, -0.2) is 8.78 Å². The molecular formula is C34H25F2N3O4S2. The Balaban J connectivity index is 1.29. The molecule has 1 fully saturated rings. The van der Waals surface area contributed by atoms with Gasteiger partial charge in [0.25, 0.3) is 5.78 Å². The minimum Gasteiger partial charge on any atom is -0.507 e. The summed E-state index contributed by atoms with van der Waals surface area (Å²) in [5.41, 5.74) is 3.57. The van der Waals surface area contributed by atoms with Crippen molar-refractivity contribution in [1.82, 2.24) is 10.2 Å². The standard InChI is InChI=1S/C34H25F2N3O4S2/c1-20-4-2-3-5-24(20)18-43-27-16-10-23(11-17-27)30(40)28-29(22-8-14-26(36)15-9-22)39(32(42)31(28)41)33-37-38-34(45-33)44-19-21-6-12-25(35)13-7-21/h2-17,29,40H,18-19H2,1H3/b30-28+. The lowest BCUT2D eigenvalue weighted by Crippen LogP contribution is -2.29. The zero-order valence-electron chi connectivity index (χ0n) is 23.8. The number of rotatable bonds is 9. The van der Waals surface area contributed by atoms with Crippen LogP contribution in [-0.4, -0.2) is 27.0 Å². The van der Waals surface area contributed by atoms with Crippen LogP contribution in [0.1, 0.15) is 33.9 Å². The second-order valence-electron chi connectivity index (χ2n) is 10.2. The molecule has 1 amide bonds. The number of benzene rings is 4. The number of aliphatic hydroxyl groups is 1. The first-order valence-corrected chi connectivity index (χ1v) is 15.6. The summed E-state index contributed by atoms with van der Waals surface area (Å²) in [7, 11) is 0. The number of ketones is 1. The SMILES string of the molecule is Cc1ccccc1COc1ccc(/C(O)=C2\C(=O)C(=O)N(c3nnc(SCc4ccc(F)cc4)s3)C2c2ccc(F)cc2)cc1. The molecule has 0 saturated carbocycles. The number of thioether (sulfide) groups is 1. The molecule has 7 nitrogen and oxygen atoms in total. The van der Waals surface area contributed by atoms with E-state index >= 15 is 0 Å². The van der Waals surface area contributed by atoms with Crippen molar-refractivity contribution in [3.05, 3.63) is 142 Å². The van der Waals surface area contributed by atoms with E-state index in [4.69, 9.17) is 4.74 Å². The van der Waals surface area contributed by atoms with Crippen LogP contribution >= 0.6 is 23.1 Å². The molecule has 11 heteroatoms. The van der Waals surface area contributed by atoms with E-state index < -0.39 is 23.5 Å². The molecule has 5 aromatic rings. The Morgan fingerprint density at radius 2 is 1.58 bits per heavy atom. The monoisotopic (exact) mass is 641 g/mol. The maximum absolute atomic E-state index is 13.9. The first kappa shape index (κ1) is 30.2. The number of anilines is 1. The van der Waals surface area contributed by atoms with Gasteiger partial charge in [-0.1, -0.05) is 71.6 Å². The number of aromatic nitrogens is 2. The fraction of sp³-hybridized carbons (Fsp3) is 0.118. The van der Waals surface area contributed by atoms with Gasteiger partial charge in [-0.15, -0.1) is 10.2 Å². The molecule has 226 valence electrons. The van der Waals surface area contributed by atoms with Crippen LogP contribution in [0.5, 0.6) is 5.75 Å². The third-order valence-electron chi connectivity index (χ3n) is 7.29. The molecule has 1 N–H and O–H groups in total. The van der Waals surface area contributed by atoms with Crippen LogP contribution in [0.4, 0.5) is 13.9 Å². The normalized spacial score (nSPS) is 15.9. The molecule has 2 heterocycles. The Kier molecular flexibility index (Phi) is 8.72. The largest absolute Gasteiger partial charge is 0.507 e. The van der Waals surface area contributed by atoms with Crippen LogP contribution in [0.25, 0.3) is 5.76 Å². The second-order valence-corrected chi connectivity index (χ2v) is 12.4. The van der Waals surface area contributed by atoms with Gasteiger partial charge in [0.05, 0.1) is 11.6 Å². The molecule has 1 unspecified atom stereocenters. The summed E-state index contributed by atoms with van der Waals surface area (Å²) in [5.74, 6) is -1.96. The first-order valence-electron chi connectivity index (χ1n) is 13.8. The van der Waals surface area contributed by atoms with E-state index in [0.29, 0.717) is 33.6 Å². The van der Waals surface area contributed by atoms with Crippen LogP contribution < -0.4 is 9.64 Å². The minimum absolute atomic E-state index is 0.145. The summed E-state index contributed by atoms with van der Waals surface area (Å²) >= 11 is 2.45. The third-order valence-corrected chi connectivity index (χ3v) is 9.42. The summed E-state index contributed by atoms with van der Waals surface area (Å²) in [6.45, 7) is 2.36. The average Bonchev–Trinajstić information content (AvgIpc) is 3.62. The quantitative estimate of drug-likeness (QED) is 0.0582. The summed E-state index contributed by atoms with van der Waals surface area (Å²) < 4.78 is 33.6. The topological polar surface area (TPSA) is 92.6 Å². The molecule has 6 rings (SSSR count). The van der Waals surface area contributed by atoms with Crippen molar-refractivity contribution in [2.45, 2.75) is 29.7 Å². The number of nitrogens with zero attached hydrogens (tertiary/aromatic N) is 3. The molecule has 1 saturated heterocycles. The van der Waals surface area contributed by atoms with Gasteiger partial charge in [-0.05, 0) is 77.7 Å². The number of hydrogen-bond acceptors (Lipinski definition) is 8. The Morgan fingerprint density at radius 3 is 2.27 bits per heavy atom. The number of halogens is 2. The Hall–Kier alpha value is -4.87. The van der Waals surface area contributed by atoms with E-state index in [2.05, 4.69) is 10.2 Å². The molecule has 1 aromatic heterocycles. The Morgan fingerprint density at radius 1 is 0.911 bits per heavy atom. The highest BCUT2D eigenvalue weighted by Crippen LogP contribution is 2.44. The van der Waals surface area contributed by atoms with Crippen molar-refractivity contribution in [2.24, 2.45) is 0 Å². The van der Waals surface area contributed by atoms with Gasteiger partial charge < -0.3 is 9.84 Å². The molecule has 1 aliphatic heterocycles. The van der Waals surface area contributed by atoms with Gasteiger partial charge in [-0.3, -0.25) is 14.5 Å². The maximum atomic E-state index is 13.9. The Labute approximate surface area is 265 Å². The highest BCUT2D eigenvalue weighted by molar-refractivity contribution is 8.00. The molecule has 45 heavy (non-hydrogen) atoms. The zero-order valence-corrected chi connectivity index (χ0v) is 25.4. The van der Waals surface area contributed by atoms with E-state index in [1.807, 2.05) is 31.2 Å². The van der Waals surface area contributed by atoms with E-state index in [1.165, 1.54) is 53.1 Å². The van der Waals surface area contributed by atoms with E-state index in [0.717, 1.165) is 28.0 Å². The molecule has 1 aliphatic rings. The van der Waals surface area contributed by atoms with E-state index in [1.54, 1.807) is 36.4 Å². The molecule has 0 radical (unpaired) electrons. The van der Waals surface area contributed by atoms with Crippen molar-refractivity contribution < 1.29 is 28.2 Å². The van der Waals surface area contributed by atoms with Crippen LogP contribution in [0.3, 0.4) is 0 Å². The van der Waals surface area contributed by atoms with Crippen molar-refractivity contribution in [2.75, 3.05) is 4.90 Å². The van der Waals surface area contributed by atoms with Crippen molar-refractivity contribution >= 4 is 45.7 Å². The highest BCUT2D eigenvalue weighted by atomic mass is 32.2. The first-order chi connectivity index (χ1) is 21.8. The molecule has 0 aliphatic carbocycles. The summed E-state index contributed by atoms with van der Waals surface area (Å²) in [6.07, 6.45) is 0. The van der Waals surface area contributed by atoms with Gasteiger partial charge >= 0.3 is 5.91 Å². The number of aliphatic hydroxyl groups excluding tert-OH is 1. The zero-order chi connectivity index (χ0) is 31.5. The van der Waals surface area contributed by atoms with Gasteiger partial charge in [0.1, 0.15) is 29.8 Å².